The third-order valence-electron chi connectivity index (χ3n) is 4.69. The first kappa shape index (κ1) is 19.3. The van der Waals surface area contributed by atoms with Gasteiger partial charge in [-0.25, -0.2) is 9.07 Å². The minimum Gasteiger partial charge on any atom is -0.507 e. The zero-order chi connectivity index (χ0) is 21.3. The van der Waals surface area contributed by atoms with Crippen molar-refractivity contribution in [2.45, 2.75) is 6.54 Å². The molecule has 152 valence electrons. The van der Waals surface area contributed by atoms with Crippen LogP contribution in [0.15, 0.2) is 71.7 Å². The van der Waals surface area contributed by atoms with Crippen molar-refractivity contribution >= 4 is 5.91 Å². The fourth-order valence-electron chi connectivity index (χ4n) is 3.21. The van der Waals surface area contributed by atoms with Gasteiger partial charge in [0.2, 0.25) is 0 Å². The van der Waals surface area contributed by atoms with Gasteiger partial charge >= 0.3 is 0 Å². The van der Waals surface area contributed by atoms with Gasteiger partial charge in [-0.3, -0.25) is 4.79 Å². The molecule has 2 aromatic carbocycles. The molecule has 0 aliphatic rings. The van der Waals surface area contributed by atoms with Crippen molar-refractivity contribution in [3.63, 3.8) is 0 Å². The van der Waals surface area contributed by atoms with Gasteiger partial charge in [0.15, 0.2) is 0 Å². The number of amides is 1. The number of aromatic hydroxyl groups is 2. The van der Waals surface area contributed by atoms with Crippen molar-refractivity contribution in [3.8, 4) is 28.4 Å². The van der Waals surface area contributed by atoms with E-state index in [4.69, 9.17) is 4.42 Å². The van der Waals surface area contributed by atoms with Gasteiger partial charge in [0, 0.05) is 30.8 Å². The van der Waals surface area contributed by atoms with Crippen LogP contribution in [0.3, 0.4) is 0 Å². The highest BCUT2D eigenvalue weighted by molar-refractivity contribution is 5.98. The van der Waals surface area contributed by atoms with Crippen LogP contribution in [-0.4, -0.2) is 37.8 Å². The Kier molecular flexibility index (Phi) is 4.97. The highest BCUT2D eigenvalue weighted by Gasteiger charge is 2.22. The van der Waals surface area contributed by atoms with Crippen LogP contribution in [0.4, 0.5) is 4.39 Å². The molecule has 0 aliphatic carbocycles. The number of halogens is 1. The number of carbonyl (C=O) groups excluding carboxylic acids is 1. The lowest BCUT2D eigenvalue weighted by atomic mass is 10.0. The quantitative estimate of drug-likeness (QED) is 0.523. The molecular formula is C22H18FN3O4. The summed E-state index contributed by atoms with van der Waals surface area (Å²) in [6.45, 7) is 0.276. The summed E-state index contributed by atoms with van der Waals surface area (Å²) in [7, 11) is 1.59. The van der Waals surface area contributed by atoms with Crippen molar-refractivity contribution in [2.24, 2.45) is 0 Å². The number of benzene rings is 2. The average molecular weight is 407 g/mol. The number of furan rings is 1. The Morgan fingerprint density at radius 2 is 1.97 bits per heavy atom. The molecule has 2 heterocycles. The predicted molar refractivity (Wildman–Crippen MR) is 107 cm³/mol. The highest BCUT2D eigenvalue weighted by atomic mass is 19.1. The van der Waals surface area contributed by atoms with Crippen LogP contribution < -0.4 is 0 Å². The Morgan fingerprint density at radius 3 is 2.70 bits per heavy atom. The number of rotatable bonds is 5. The fraction of sp³-hybridized carbons (Fsp3) is 0.0909. The van der Waals surface area contributed by atoms with Gasteiger partial charge in [0.25, 0.3) is 5.91 Å². The predicted octanol–water partition coefficient (Wildman–Crippen LogP) is 3.95. The minimum atomic E-state index is -0.489. The molecule has 1 amide bonds. The van der Waals surface area contributed by atoms with Gasteiger partial charge in [-0.1, -0.05) is 12.1 Å². The first-order valence-corrected chi connectivity index (χ1v) is 9.07. The lowest BCUT2D eigenvalue weighted by Crippen LogP contribution is -2.26. The summed E-state index contributed by atoms with van der Waals surface area (Å²) in [6.07, 6.45) is 4.49. The lowest BCUT2D eigenvalue weighted by molar-refractivity contribution is 0.0782. The fourth-order valence-corrected chi connectivity index (χ4v) is 3.21. The topological polar surface area (TPSA) is 91.7 Å². The van der Waals surface area contributed by atoms with E-state index in [9.17, 15) is 19.4 Å². The summed E-state index contributed by atoms with van der Waals surface area (Å²) in [4.78, 5) is 14.3. The van der Waals surface area contributed by atoms with Crippen LogP contribution >= 0.6 is 0 Å². The van der Waals surface area contributed by atoms with Gasteiger partial charge in [0.1, 0.15) is 23.0 Å². The zero-order valence-corrected chi connectivity index (χ0v) is 16.0. The number of phenolic OH excluding ortho intramolecular Hbond substituents is 2. The van der Waals surface area contributed by atoms with Crippen molar-refractivity contribution in [2.75, 3.05) is 7.05 Å². The van der Waals surface area contributed by atoms with Crippen molar-refractivity contribution < 1.29 is 23.8 Å². The molecule has 8 heteroatoms. The molecule has 0 saturated heterocycles. The smallest absolute Gasteiger partial charge is 0.257 e. The molecule has 4 rings (SSSR count). The number of nitrogens with zero attached hydrogens (tertiary/aromatic N) is 3. The van der Waals surface area contributed by atoms with Crippen LogP contribution in [0.5, 0.6) is 11.5 Å². The van der Waals surface area contributed by atoms with E-state index in [0.717, 1.165) is 11.6 Å². The summed E-state index contributed by atoms with van der Waals surface area (Å²) in [6, 6.07) is 11.9. The Morgan fingerprint density at radius 1 is 1.17 bits per heavy atom. The van der Waals surface area contributed by atoms with E-state index in [2.05, 4.69) is 5.10 Å². The van der Waals surface area contributed by atoms with Gasteiger partial charge in [0.05, 0.1) is 30.0 Å². The van der Waals surface area contributed by atoms with E-state index in [1.165, 1.54) is 40.4 Å². The third-order valence-corrected chi connectivity index (χ3v) is 4.69. The van der Waals surface area contributed by atoms with E-state index in [-0.39, 0.29) is 34.9 Å². The highest BCUT2D eigenvalue weighted by Crippen LogP contribution is 2.36. The lowest BCUT2D eigenvalue weighted by Gasteiger charge is -2.18. The van der Waals surface area contributed by atoms with Crippen LogP contribution in [-0.2, 0) is 6.54 Å². The van der Waals surface area contributed by atoms with E-state index >= 15 is 0 Å². The van der Waals surface area contributed by atoms with Gasteiger partial charge < -0.3 is 19.5 Å². The third kappa shape index (κ3) is 3.50. The molecule has 0 atom stereocenters. The molecule has 0 spiro atoms. The van der Waals surface area contributed by atoms with E-state index in [1.54, 1.807) is 37.4 Å². The van der Waals surface area contributed by atoms with Crippen LogP contribution in [0, 0.1) is 5.82 Å². The van der Waals surface area contributed by atoms with E-state index < -0.39 is 11.7 Å². The molecular weight excluding hydrogens is 389 g/mol. The molecule has 0 saturated carbocycles. The van der Waals surface area contributed by atoms with E-state index in [1.807, 2.05) is 0 Å². The maximum absolute atomic E-state index is 14.3. The summed E-state index contributed by atoms with van der Waals surface area (Å²) in [5, 5.41) is 24.8. The number of carbonyl (C=O) groups is 1. The van der Waals surface area contributed by atoms with Gasteiger partial charge in [-0.15, -0.1) is 0 Å². The molecule has 30 heavy (non-hydrogen) atoms. The van der Waals surface area contributed by atoms with Crippen molar-refractivity contribution in [1.82, 2.24) is 14.7 Å². The molecule has 0 bridgehead atoms. The SMILES string of the molecule is CN(Cc1ccoc1)C(=O)c1cc(-c2ccnn2-c2ccccc2F)c(O)cc1O. The molecule has 0 aliphatic heterocycles. The molecule has 0 radical (unpaired) electrons. The summed E-state index contributed by atoms with van der Waals surface area (Å²) in [5.74, 6) is -1.57. The van der Waals surface area contributed by atoms with Gasteiger partial charge in [-0.2, -0.15) is 5.10 Å². The minimum absolute atomic E-state index is 0.00456. The van der Waals surface area contributed by atoms with Crippen LogP contribution in [0.2, 0.25) is 0 Å². The van der Waals surface area contributed by atoms with Gasteiger partial charge in [-0.05, 0) is 30.3 Å². The first-order chi connectivity index (χ1) is 14.5. The summed E-state index contributed by atoms with van der Waals surface area (Å²) >= 11 is 0. The second kappa shape index (κ2) is 7.75. The normalized spacial score (nSPS) is 10.9. The average Bonchev–Trinajstić information content (AvgIpc) is 3.40. The Labute approximate surface area is 171 Å². The Hall–Kier alpha value is -4.07. The van der Waals surface area contributed by atoms with E-state index in [0.29, 0.717) is 5.69 Å². The summed E-state index contributed by atoms with van der Waals surface area (Å²) < 4.78 is 20.6. The second-order valence-corrected chi connectivity index (χ2v) is 6.76. The molecule has 0 fully saturated rings. The first-order valence-electron chi connectivity index (χ1n) is 9.07. The number of hydrogen-bond acceptors (Lipinski definition) is 5. The van der Waals surface area contributed by atoms with Crippen LogP contribution in [0.25, 0.3) is 16.9 Å². The number of aromatic nitrogens is 2. The maximum atomic E-state index is 14.3. The van der Waals surface area contributed by atoms with Crippen LogP contribution in [0.1, 0.15) is 15.9 Å². The maximum Gasteiger partial charge on any atom is 0.257 e. The Balaban J connectivity index is 1.74. The second-order valence-electron chi connectivity index (χ2n) is 6.76. The summed E-state index contributed by atoms with van der Waals surface area (Å²) in [5.41, 5.74) is 1.57. The Bertz CT molecular complexity index is 1200. The number of para-hydroxylation sites is 1. The molecule has 2 aromatic heterocycles. The van der Waals surface area contributed by atoms with Crippen molar-refractivity contribution in [3.05, 3.63) is 84.2 Å². The standard InChI is InChI=1S/C22H18FN3O4/c1-25(12-14-7-9-30-13-14)22(29)16-10-15(20(27)11-21(16)28)18-6-8-24-26(18)19-5-3-2-4-17(19)23/h2-11,13,27-28H,12H2,1H3. The molecule has 7 nitrogen and oxygen atoms in total. The monoisotopic (exact) mass is 407 g/mol. The molecule has 2 N–H and O–H groups in total. The molecule has 4 aromatic rings. The molecule has 0 unspecified atom stereocenters. The number of hydrogen-bond donors (Lipinski definition) is 2. The largest absolute Gasteiger partial charge is 0.507 e. The van der Waals surface area contributed by atoms with Crippen molar-refractivity contribution in [1.29, 1.82) is 0 Å². The zero-order valence-electron chi connectivity index (χ0n) is 16.0. The number of phenols is 2.